The van der Waals surface area contributed by atoms with Gasteiger partial charge in [0.05, 0.1) is 31.7 Å². The average molecular weight is 526 g/mol. The van der Waals surface area contributed by atoms with Crippen LogP contribution in [0.2, 0.25) is 0 Å². The van der Waals surface area contributed by atoms with E-state index in [0.717, 1.165) is 33.7 Å². The molecule has 0 saturated heterocycles. The summed E-state index contributed by atoms with van der Waals surface area (Å²) in [4.78, 5) is 26.1. The number of nitrogens with zero attached hydrogens (tertiary/aromatic N) is 4. The van der Waals surface area contributed by atoms with E-state index in [0.29, 0.717) is 42.9 Å². The summed E-state index contributed by atoms with van der Waals surface area (Å²) in [6.07, 6.45) is 1.22. The molecule has 0 bridgehead atoms. The number of methoxy groups -OCH3 is 2. The second-order valence-electron chi connectivity index (χ2n) is 9.42. The molecule has 3 aromatic carbocycles. The molecule has 2 heterocycles. The van der Waals surface area contributed by atoms with Crippen LogP contribution in [0.4, 0.5) is 0 Å². The zero-order valence-corrected chi connectivity index (χ0v) is 22.3. The van der Waals surface area contributed by atoms with Gasteiger partial charge in [0.1, 0.15) is 17.3 Å². The minimum atomic E-state index is -0.122. The summed E-state index contributed by atoms with van der Waals surface area (Å²) in [7, 11) is 3.24. The second-order valence-corrected chi connectivity index (χ2v) is 9.42. The number of para-hydroxylation sites is 1. The molecule has 0 radical (unpaired) electrons. The Labute approximate surface area is 226 Å². The predicted molar refractivity (Wildman–Crippen MR) is 150 cm³/mol. The maximum atomic E-state index is 13.4. The van der Waals surface area contributed by atoms with Crippen LogP contribution in [-0.2, 0) is 24.2 Å². The normalized spacial score (nSPS) is 11.2. The van der Waals surface area contributed by atoms with Crippen LogP contribution in [0.15, 0.2) is 71.5 Å². The molecule has 0 atom stereocenters. The van der Waals surface area contributed by atoms with Gasteiger partial charge >= 0.3 is 0 Å². The molecule has 0 aliphatic rings. The van der Waals surface area contributed by atoms with Gasteiger partial charge in [-0.3, -0.25) is 18.6 Å². The first kappa shape index (κ1) is 26.0. The lowest BCUT2D eigenvalue weighted by Crippen LogP contribution is -2.26. The van der Waals surface area contributed by atoms with Crippen LogP contribution >= 0.6 is 0 Å². The number of amides is 1. The van der Waals surface area contributed by atoms with Crippen molar-refractivity contribution in [3.8, 4) is 11.5 Å². The van der Waals surface area contributed by atoms with E-state index in [2.05, 4.69) is 15.5 Å². The molecule has 2 aromatic heterocycles. The van der Waals surface area contributed by atoms with Crippen molar-refractivity contribution in [2.45, 2.75) is 32.7 Å². The maximum absolute atomic E-state index is 13.4. The van der Waals surface area contributed by atoms with Crippen molar-refractivity contribution < 1.29 is 14.3 Å². The number of carbonyl (C=O) groups is 1. The standard InChI is InChI=1S/C30H31N5O4/c1-20-8-10-21(11-9-20)19-34-29(37)24-6-4-5-7-25(24)35-27(32-33-30(34)35)14-15-28(36)31-17-16-22-18-23(38-2)12-13-26(22)39-3/h4-13,18H,14-17,19H2,1-3H3,(H,31,36). The molecular weight excluding hydrogens is 494 g/mol. The van der Waals surface area contributed by atoms with Gasteiger partial charge in [-0.1, -0.05) is 42.0 Å². The van der Waals surface area contributed by atoms with Crippen molar-refractivity contribution in [2.24, 2.45) is 0 Å². The van der Waals surface area contributed by atoms with Gasteiger partial charge in [-0.25, -0.2) is 0 Å². The Kier molecular flexibility index (Phi) is 7.58. The molecule has 200 valence electrons. The lowest BCUT2D eigenvalue weighted by molar-refractivity contribution is -0.121. The third kappa shape index (κ3) is 5.47. The highest BCUT2D eigenvalue weighted by atomic mass is 16.5. The van der Waals surface area contributed by atoms with Crippen LogP contribution < -0.4 is 20.3 Å². The van der Waals surface area contributed by atoms with Gasteiger partial charge in [0.15, 0.2) is 0 Å². The molecule has 9 heteroatoms. The number of hydrogen-bond donors (Lipinski definition) is 1. The molecule has 0 aliphatic carbocycles. The summed E-state index contributed by atoms with van der Waals surface area (Å²) in [6, 6.07) is 21.1. The summed E-state index contributed by atoms with van der Waals surface area (Å²) in [5.41, 5.74) is 3.71. The van der Waals surface area contributed by atoms with Crippen molar-refractivity contribution in [3.63, 3.8) is 0 Å². The first-order valence-corrected chi connectivity index (χ1v) is 12.9. The number of benzene rings is 3. The Balaban J connectivity index is 1.34. The highest BCUT2D eigenvalue weighted by Crippen LogP contribution is 2.24. The summed E-state index contributed by atoms with van der Waals surface area (Å²) in [5.74, 6) is 2.49. The Morgan fingerprint density at radius 3 is 2.51 bits per heavy atom. The van der Waals surface area contributed by atoms with Crippen LogP contribution in [0.3, 0.4) is 0 Å². The number of ether oxygens (including phenoxy) is 2. The fourth-order valence-electron chi connectivity index (χ4n) is 4.72. The molecule has 0 saturated carbocycles. The van der Waals surface area contributed by atoms with Crippen LogP contribution in [0, 0.1) is 6.92 Å². The second kappa shape index (κ2) is 11.4. The topological polar surface area (TPSA) is 99.8 Å². The Morgan fingerprint density at radius 1 is 0.949 bits per heavy atom. The summed E-state index contributed by atoms with van der Waals surface area (Å²) >= 11 is 0. The van der Waals surface area contributed by atoms with E-state index in [1.807, 2.05) is 78.1 Å². The number of aryl methyl sites for hydroxylation is 2. The number of fused-ring (bicyclic) bond motifs is 3. The monoisotopic (exact) mass is 525 g/mol. The summed E-state index contributed by atoms with van der Waals surface area (Å²) < 4.78 is 14.3. The van der Waals surface area contributed by atoms with E-state index < -0.39 is 0 Å². The van der Waals surface area contributed by atoms with E-state index in [1.54, 1.807) is 18.8 Å². The van der Waals surface area contributed by atoms with Crippen molar-refractivity contribution in [1.29, 1.82) is 0 Å². The zero-order valence-electron chi connectivity index (χ0n) is 22.3. The third-order valence-corrected chi connectivity index (χ3v) is 6.82. The van der Waals surface area contributed by atoms with E-state index >= 15 is 0 Å². The van der Waals surface area contributed by atoms with Crippen LogP contribution in [0.5, 0.6) is 11.5 Å². The van der Waals surface area contributed by atoms with Crippen molar-refractivity contribution >= 4 is 22.6 Å². The molecule has 0 aliphatic heterocycles. The van der Waals surface area contributed by atoms with Crippen molar-refractivity contribution in [2.75, 3.05) is 20.8 Å². The highest BCUT2D eigenvalue weighted by Gasteiger charge is 2.17. The number of rotatable bonds is 10. The quantitative estimate of drug-likeness (QED) is 0.298. The van der Waals surface area contributed by atoms with Crippen LogP contribution in [-0.4, -0.2) is 45.8 Å². The molecular formula is C30H31N5O4. The molecule has 1 N–H and O–H groups in total. The highest BCUT2D eigenvalue weighted by molar-refractivity contribution is 5.80. The van der Waals surface area contributed by atoms with E-state index in [9.17, 15) is 9.59 Å². The SMILES string of the molecule is COc1ccc(OC)c(CCNC(=O)CCc2nnc3n(Cc4ccc(C)cc4)c(=O)c4ccccc4n23)c1. The zero-order chi connectivity index (χ0) is 27.4. The molecule has 5 rings (SSSR count). The van der Waals surface area contributed by atoms with Crippen LogP contribution in [0.25, 0.3) is 16.7 Å². The van der Waals surface area contributed by atoms with Gasteiger partial charge in [-0.2, -0.15) is 0 Å². The summed E-state index contributed by atoms with van der Waals surface area (Å²) in [6.45, 7) is 2.86. The molecule has 39 heavy (non-hydrogen) atoms. The van der Waals surface area contributed by atoms with Gasteiger partial charge in [-0.05, 0) is 54.8 Å². The third-order valence-electron chi connectivity index (χ3n) is 6.82. The lowest BCUT2D eigenvalue weighted by Gasteiger charge is -2.12. The minimum Gasteiger partial charge on any atom is -0.497 e. The first-order chi connectivity index (χ1) is 19.0. The largest absolute Gasteiger partial charge is 0.497 e. The van der Waals surface area contributed by atoms with E-state index in [4.69, 9.17) is 9.47 Å². The molecule has 0 fully saturated rings. The smallest absolute Gasteiger partial charge is 0.263 e. The molecule has 0 unspecified atom stereocenters. The van der Waals surface area contributed by atoms with Crippen molar-refractivity contribution in [1.82, 2.24) is 24.5 Å². The number of hydrogen-bond acceptors (Lipinski definition) is 6. The van der Waals surface area contributed by atoms with E-state index in [-0.39, 0.29) is 17.9 Å². The van der Waals surface area contributed by atoms with Gasteiger partial charge < -0.3 is 14.8 Å². The van der Waals surface area contributed by atoms with Gasteiger partial charge in [0, 0.05) is 19.4 Å². The fourth-order valence-corrected chi connectivity index (χ4v) is 4.72. The van der Waals surface area contributed by atoms with Crippen LogP contribution in [0.1, 0.15) is 28.9 Å². The van der Waals surface area contributed by atoms with Gasteiger partial charge in [-0.15, -0.1) is 10.2 Å². The van der Waals surface area contributed by atoms with Gasteiger partial charge in [0.2, 0.25) is 11.7 Å². The molecule has 0 spiro atoms. The first-order valence-electron chi connectivity index (χ1n) is 12.9. The predicted octanol–water partition coefficient (Wildman–Crippen LogP) is 3.71. The fraction of sp³-hybridized carbons (Fsp3) is 0.267. The lowest BCUT2D eigenvalue weighted by atomic mass is 10.1. The number of nitrogens with one attached hydrogen (secondary N) is 1. The molecule has 5 aromatic rings. The maximum Gasteiger partial charge on any atom is 0.263 e. The Morgan fingerprint density at radius 2 is 1.74 bits per heavy atom. The average Bonchev–Trinajstić information content (AvgIpc) is 3.39. The number of aromatic nitrogens is 4. The summed E-state index contributed by atoms with van der Waals surface area (Å²) in [5, 5.41) is 12.3. The Hall–Kier alpha value is -4.66. The van der Waals surface area contributed by atoms with Crippen molar-refractivity contribution in [3.05, 3.63) is 99.6 Å². The Bertz CT molecular complexity index is 1690. The minimum absolute atomic E-state index is 0.0918. The van der Waals surface area contributed by atoms with E-state index in [1.165, 1.54) is 0 Å². The molecule has 9 nitrogen and oxygen atoms in total. The van der Waals surface area contributed by atoms with Gasteiger partial charge in [0.25, 0.3) is 5.56 Å². The molecule has 1 amide bonds. The number of carbonyl (C=O) groups excluding carboxylic acids is 1.